The van der Waals surface area contributed by atoms with Crippen LogP contribution >= 0.6 is 0 Å². The molecule has 10 heavy (non-hydrogen) atoms. The lowest BCUT2D eigenvalue weighted by atomic mass is 10.4. The van der Waals surface area contributed by atoms with E-state index in [1.807, 2.05) is 5.92 Å². The van der Waals surface area contributed by atoms with Crippen molar-refractivity contribution in [2.24, 2.45) is 0 Å². The zero-order valence-electron chi connectivity index (χ0n) is 5.29. The van der Waals surface area contributed by atoms with E-state index in [4.69, 9.17) is 4.55 Å². The van der Waals surface area contributed by atoms with Gasteiger partial charge in [0.2, 0.25) is 5.78 Å². The van der Waals surface area contributed by atoms with Gasteiger partial charge in [-0.2, -0.15) is 8.42 Å². The van der Waals surface area contributed by atoms with Gasteiger partial charge in [0.1, 0.15) is 5.75 Å². The molecule has 4 nitrogen and oxygen atoms in total. The van der Waals surface area contributed by atoms with Gasteiger partial charge in [0.25, 0.3) is 10.1 Å². The predicted octanol–water partition coefficient (Wildman–Crippen LogP) is -0.533. The summed E-state index contributed by atoms with van der Waals surface area (Å²) in [5.41, 5.74) is 0. The smallest absolute Gasteiger partial charge is 0.273 e. The molecular weight excluding hydrogens is 156 g/mol. The van der Waals surface area contributed by atoms with Crippen LogP contribution in [0.3, 0.4) is 0 Å². The van der Waals surface area contributed by atoms with Crippen molar-refractivity contribution in [3.8, 4) is 11.8 Å². The Kier molecular flexibility index (Phi) is 3.06. The molecule has 0 atom stereocenters. The van der Waals surface area contributed by atoms with Gasteiger partial charge in [-0.05, 0) is 12.8 Å². The number of hydrogen-bond donors (Lipinski definition) is 1. The fourth-order valence-corrected chi connectivity index (χ4v) is 0.745. The molecule has 0 saturated heterocycles. The second kappa shape index (κ2) is 3.34. The Bertz CT molecular complexity index is 277. The van der Waals surface area contributed by atoms with Crippen molar-refractivity contribution in [3.63, 3.8) is 0 Å². The third kappa shape index (κ3) is 5.28. The van der Waals surface area contributed by atoms with E-state index in [9.17, 15) is 13.2 Å². The van der Waals surface area contributed by atoms with Crippen LogP contribution in [0.15, 0.2) is 0 Å². The van der Waals surface area contributed by atoms with E-state index in [0.29, 0.717) is 0 Å². The molecule has 0 spiro atoms. The van der Waals surface area contributed by atoms with Crippen molar-refractivity contribution in [2.75, 3.05) is 5.75 Å². The molecule has 0 saturated carbocycles. The van der Waals surface area contributed by atoms with Gasteiger partial charge in [-0.3, -0.25) is 9.35 Å². The molecule has 56 valence electrons. The minimum Gasteiger partial charge on any atom is -0.285 e. The molecule has 0 aliphatic carbocycles. The summed E-state index contributed by atoms with van der Waals surface area (Å²) in [5, 5.41) is 0. The summed E-state index contributed by atoms with van der Waals surface area (Å²) in [7, 11) is -4.20. The highest BCUT2D eigenvalue weighted by Gasteiger charge is 2.09. The van der Waals surface area contributed by atoms with Gasteiger partial charge in [-0.25, -0.2) is 0 Å². The van der Waals surface area contributed by atoms with E-state index in [1.54, 1.807) is 0 Å². The second-order valence-corrected chi connectivity index (χ2v) is 2.98. The molecule has 0 radical (unpaired) electrons. The Morgan fingerprint density at radius 1 is 1.60 bits per heavy atom. The molecule has 0 bridgehead atoms. The lowest BCUT2D eigenvalue weighted by Crippen LogP contribution is -2.12. The molecule has 0 unspecified atom stereocenters. The standard InChI is InChI=1S/C5H6O4S/c1-2-3-5(6)4-10(7,8)9/h4H2,1H3,(H,7,8,9). The first-order valence-corrected chi connectivity index (χ1v) is 3.97. The summed E-state index contributed by atoms with van der Waals surface area (Å²) < 4.78 is 28.1. The number of carbonyl (C=O) groups excluding carboxylic acids is 1. The molecule has 0 aromatic carbocycles. The molecule has 0 amide bonds. The number of rotatable bonds is 2. The van der Waals surface area contributed by atoms with Crippen LogP contribution in [-0.4, -0.2) is 24.5 Å². The van der Waals surface area contributed by atoms with E-state index < -0.39 is 21.7 Å². The van der Waals surface area contributed by atoms with E-state index in [0.717, 1.165) is 0 Å². The Labute approximate surface area is 59.0 Å². The van der Waals surface area contributed by atoms with Crippen molar-refractivity contribution in [1.82, 2.24) is 0 Å². The van der Waals surface area contributed by atoms with Gasteiger partial charge >= 0.3 is 0 Å². The second-order valence-electron chi connectivity index (χ2n) is 1.52. The van der Waals surface area contributed by atoms with Gasteiger partial charge in [-0.15, -0.1) is 0 Å². The molecule has 0 aromatic rings. The van der Waals surface area contributed by atoms with Gasteiger partial charge in [0, 0.05) is 0 Å². The molecule has 0 aliphatic rings. The van der Waals surface area contributed by atoms with E-state index >= 15 is 0 Å². The molecule has 0 heterocycles. The minimum atomic E-state index is -4.20. The zero-order valence-corrected chi connectivity index (χ0v) is 6.10. The summed E-state index contributed by atoms with van der Waals surface area (Å²) in [4.78, 5) is 10.3. The van der Waals surface area contributed by atoms with Crippen molar-refractivity contribution in [3.05, 3.63) is 0 Å². The van der Waals surface area contributed by atoms with Crippen LogP contribution in [0.4, 0.5) is 0 Å². The lowest BCUT2D eigenvalue weighted by Gasteiger charge is -1.86. The highest BCUT2D eigenvalue weighted by Crippen LogP contribution is 1.81. The summed E-state index contributed by atoms with van der Waals surface area (Å²) in [6.45, 7) is 1.40. The molecular formula is C5H6O4S. The first-order valence-electron chi connectivity index (χ1n) is 2.36. The average Bonchev–Trinajstić information content (AvgIpc) is 1.59. The van der Waals surface area contributed by atoms with Crippen LogP contribution in [0.2, 0.25) is 0 Å². The van der Waals surface area contributed by atoms with Crippen LogP contribution in [0.25, 0.3) is 0 Å². The Morgan fingerprint density at radius 3 is 2.40 bits per heavy atom. The molecule has 1 N–H and O–H groups in total. The fourth-order valence-electron chi connectivity index (χ4n) is 0.341. The first kappa shape index (κ1) is 9.14. The quantitative estimate of drug-likeness (QED) is 0.336. The maximum Gasteiger partial charge on any atom is 0.273 e. The van der Waals surface area contributed by atoms with E-state index in [-0.39, 0.29) is 0 Å². The van der Waals surface area contributed by atoms with Gasteiger partial charge in [-0.1, -0.05) is 5.92 Å². The van der Waals surface area contributed by atoms with Crippen LogP contribution in [-0.2, 0) is 14.9 Å². The predicted molar refractivity (Wildman–Crippen MR) is 34.9 cm³/mol. The normalized spacial score (nSPS) is 9.80. The Hall–Kier alpha value is -0.860. The lowest BCUT2D eigenvalue weighted by molar-refractivity contribution is -0.111. The third-order valence-electron chi connectivity index (χ3n) is 0.578. The first-order chi connectivity index (χ1) is 4.45. The van der Waals surface area contributed by atoms with Gasteiger partial charge in [0.05, 0.1) is 0 Å². The Morgan fingerprint density at radius 2 is 2.10 bits per heavy atom. The summed E-state index contributed by atoms with van der Waals surface area (Å²) in [5.74, 6) is 2.47. The highest BCUT2D eigenvalue weighted by atomic mass is 32.2. The minimum absolute atomic E-state index is 0.801. The monoisotopic (exact) mass is 162 g/mol. The van der Waals surface area contributed by atoms with Gasteiger partial charge < -0.3 is 0 Å². The van der Waals surface area contributed by atoms with Crippen LogP contribution in [0.1, 0.15) is 6.92 Å². The maximum atomic E-state index is 10.3. The number of Topliss-reactive ketones (excluding diaryl/α,β-unsaturated/α-hetero) is 1. The van der Waals surface area contributed by atoms with Crippen LogP contribution in [0.5, 0.6) is 0 Å². The van der Waals surface area contributed by atoms with Crippen molar-refractivity contribution in [2.45, 2.75) is 6.92 Å². The highest BCUT2D eigenvalue weighted by molar-refractivity contribution is 7.86. The summed E-state index contributed by atoms with van der Waals surface area (Å²) in [6.07, 6.45) is 0. The van der Waals surface area contributed by atoms with Crippen LogP contribution in [0, 0.1) is 11.8 Å². The SMILES string of the molecule is CC#CC(=O)CS(=O)(=O)O. The summed E-state index contributed by atoms with van der Waals surface area (Å²) in [6, 6.07) is 0. The average molecular weight is 162 g/mol. The molecule has 5 heteroatoms. The topological polar surface area (TPSA) is 71.4 Å². The number of ketones is 1. The molecule has 0 aliphatic heterocycles. The summed E-state index contributed by atoms with van der Waals surface area (Å²) >= 11 is 0. The van der Waals surface area contributed by atoms with E-state index in [2.05, 4.69) is 5.92 Å². The van der Waals surface area contributed by atoms with Crippen molar-refractivity contribution >= 4 is 15.9 Å². The number of hydrogen-bond acceptors (Lipinski definition) is 3. The Balaban J connectivity index is 4.16. The molecule has 0 rings (SSSR count). The van der Waals surface area contributed by atoms with Crippen molar-refractivity contribution in [1.29, 1.82) is 0 Å². The van der Waals surface area contributed by atoms with Crippen LogP contribution < -0.4 is 0 Å². The fraction of sp³-hybridized carbons (Fsp3) is 0.400. The molecule has 0 aromatic heterocycles. The number of carbonyl (C=O) groups is 1. The maximum absolute atomic E-state index is 10.3. The third-order valence-corrected chi connectivity index (χ3v) is 1.20. The molecule has 0 fully saturated rings. The largest absolute Gasteiger partial charge is 0.285 e. The zero-order chi connectivity index (χ0) is 8.20. The van der Waals surface area contributed by atoms with Gasteiger partial charge in [0.15, 0.2) is 0 Å². The van der Waals surface area contributed by atoms with Crippen molar-refractivity contribution < 1.29 is 17.8 Å². The van der Waals surface area contributed by atoms with E-state index in [1.165, 1.54) is 6.92 Å².